The highest BCUT2D eigenvalue weighted by Gasteiger charge is 2.01. The summed E-state index contributed by atoms with van der Waals surface area (Å²) in [7, 11) is 0. The van der Waals surface area contributed by atoms with Gasteiger partial charge in [0, 0.05) is 28.5 Å². The molecule has 0 saturated carbocycles. The van der Waals surface area contributed by atoms with Gasteiger partial charge in [-0.2, -0.15) is 0 Å². The second-order valence-electron chi connectivity index (χ2n) is 2.98. The minimum Gasteiger partial charge on any atom is -0.261 e. The largest absolute Gasteiger partial charge is 0.261 e. The number of thiazole rings is 1. The summed E-state index contributed by atoms with van der Waals surface area (Å²) in [6.07, 6.45) is 1.87. The van der Waals surface area contributed by atoms with Crippen molar-refractivity contribution < 1.29 is 0 Å². The Morgan fingerprint density at radius 2 is 2.00 bits per heavy atom. The first-order chi connectivity index (χ1) is 6.25. The fourth-order valence-corrected chi connectivity index (χ4v) is 1.87. The number of hydrogen-bond acceptors (Lipinski definition) is 3. The summed E-state index contributed by atoms with van der Waals surface area (Å²) in [5.74, 6) is 0. The third-order valence-corrected chi connectivity index (χ3v) is 2.79. The van der Waals surface area contributed by atoms with E-state index in [2.05, 4.69) is 21.4 Å². The van der Waals surface area contributed by atoms with E-state index in [1.807, 2.05) is 26.1 Å². The van der Waals surface area contributed by atoms with Crippen LogP contribution in [0.15, 0.2) is 23.7 Å². The quantitative estimate of drug-likeness (QED) is 0.691. The van der Waals surface area contributed by atoms with E-state index in [-0.39, 0.29) is 0 Å². The normalized spacial score (nSPS) is 10.3. The topological polar surface area (TPSA) is 25.8 Å². The zero-order valence-electron chi connectivity index (χ0n) is 7.61. The number of rotatable bonds is 1. The Labute approximate surface area is 81.3 Å². The first-order valence-electron chi connectivity index (χ1n) is 4.11. The number of pyridine rings is 1. The Bertz CT molecular complexity index is 403. The van der Waals surface area contributed by atoms with Crippen molar-refractivity contribution in [3.63, 3.8) is 0 Å². The summed E-state index contributed by atoms with van der Waals surface area (Å²) in [5, 5.41) is 3.10. The van der Waals surface area contributed by atoms with E-state index in [0.29, 0.717) is 0 Å². The van der Waals surface area contributed by atoms with Crippen molar-refractivity contribution in [2.24, 2.45) is 0 Å². The van der Waals surface area contributed by atoms with Crippen LogP contribution < -0.4 is 0 Å². The molecule has 0 aliphatic heterocycles. The lowest BCUT2D eigenvalue weighted by Crippen LogP contribution is -1.81. The third-order valence-electron chi connectivity index (χ3n) is 1.78. The highest BCUT2D eigenvalue weighted by atomic mass is 32.1. The molecular formula is C10H10N2S. The Kier molecular flexibility index (Phi) is 2.10. The Morgan fingerprint density at radius 3 is 2.54 bits per heavy atom. The smallest absolute Gasteiger partial charge is 0.125 e. The van der Waals surface area contributed by atoms with Gasteiger partial charge in [0.25, 0.3) is 0 Å². The molecule has 0 saturated heterocycles. The molecule has 0 atom stereocenters. The molecule has 0 aromatic carbocycles. The van der Waals surface area contributed by atoms with E-state index in [1.165, 1.54) is 0 Å². The van der Waals surface area contributed by atoms with Crippen LogP contribution in [0.5, 0.6) is 0 Å². The molecule has 2 nitrogen and oxygen atoms in total. The zero-order valence-corrected chi connectivity index (χ0v) is 8.43. The lowest BCUT2D eigenvalue weighted by atomic mass is 10.3. The van der Waals surface area contributed by atoms with E-state index in [1.54, 1.807) is 11.3 Å². The molecule has 2 aromatic rings. The number of nitrogens with zero attached hydrogens (tertiary/aromatic N) is 2. The first-order valence-corrected chi connectivity index (χ1v) is 4.99. The van der Waals surface area contributed by atoms with Crippen molar-refractivity contribution in [2.45, 2.75) is 13.8 Å². The van der Waals surface area contributed by atoms with Gasteiger partial charge < -0.3 is 0 Å². The van der Waals surface area contributed by atoms with E-state index in [9.17, 15) is 0 Å². The Hall–Kier alpha value is -1.22. The fraction of sp³-hybridized carbons (Fsp3) is 0.200. The fourth-order valence-electron chi connectivity index (χ4n) is 1.08. The molecule has 0 aliphatic rings. The summed E-state index contributed by atoms with van der Waals surface area (Å²) >= 11 is 1.66. The van der Waals surface area contributed by atoms with Gasteiger partial charge in [0.1, 0.15) is 5.01 Å². The van der Waals surface area contributed by atoms with Crippen LogP contribution in [0, 0.1) is 13.8 Å². The average Bonchev–Trinajstić information content (AvgIpc) is 2.53. The van der Waals surface area contributed by atoms with Gasteiger partial charge >= 0.3 is 0 Å². The molecule has 2 aromatic heterocycles. The molecule has 2 heterocycles. The molecule has 0 unspecified atom stereocenters. The zero-order chi connectivity index (χ0) is 9.26. The van der Waals surface area contributed by atoms with E-state index in [0.717, 1.165) is 22.0 Å². The van der Waals surface area contributed by atoms with Crippen LogP contribution in [-0.4, -0.2) is 9.97 Å². The van der Waals surface area contributed by atoms with Gasteiger partial charge in [-0.25, -0.2) is 4.98 Å². The van der Waals surface area contributed by atoms with Crippen molar-refractivity contribution in [1.29, 1.82) is 0 Å². The van der Waals surface area contributed by atoms with Gasteiger partial charge in [0.2, 0.25) is 0 Å². The SMILES string of the molecule is Cc1ccc(-c2nc(C)cs2)cn1. The molecule has 0 N–H and O–H groups in total. The van der Waals surface area contributed by atoms with Gasteiger partial charge in [0.15, 0.2) is 0 Å². The van der Waals surface area contributed by atoms with E-state index < -0.39 is 0 Å². The molecule has 0 spiro atoms. The van der Waals surface area contributed by atoms with Gasteiger partial charge in [-0.3, -0.25) is 4.98 Å². The number of hydrogen-bond donors (Lipinski definition) is 0. The summed E-state index contributed by atoms with van der Waals surface area (Å²) in [6, 6.07) is 4.06. The Morgan fingerprint density at radius 1 is 1.15 bits per heavy atom. The maximum absolute atomic E-state index is 4.39. The summed E-state index contributed by atoms with van der Waals surface area (Å²) in [5.41, 5.74) is 3.21. The maximum Gasteiger partial charge on any atom is 0.125 e. The predicted molar refractivity (Wildman–Crippen MR) is 54.8 cm³/mol. The van der Waals surface area contributed by atoms with Crippen LogP contribution >= 0.6 is 11.3 Å². The molecule has 3 heteroatoms. The van der Waals surface area contributed by atoms with Gasteiger partial charge in [-0.1, -0.05) is 0 Å². The highest BCUT2D eigenvalue weighted by molar-refractivity contribution is 7.13. The number of aryl methyl sites for hydroxylation is 2. The second kappa shape index (κ2) is 3.26. The van der Waals surface area contributed by atoms with Crippen LogP contribution in [0.3, 0.4) is 0 Å². The molecule has 0 aliphatic carbocycles. The minimum absolute atomic E-state index is 1.04. The van der Waals surface area contributed by atoms with Crippen molar-refractivity contribution in [2.75, 3.05) is 0 Å². The van der Waals surface area contributed by atoms with Crippen molar-refractivity contribution in [3.05, 3.63) is 35.1 Å². The van der Waals surface area contributed by atoms with E-state index in [4.69, 9.17) is 0 Å². The minimum atomic E-state index is 1.04. The van der Waals surface area contributed by atoms with Crippen molar-refractivity contribution in [3.8, 4) is 10.6 Å². The standard InChI is InChI=1S/C10H10N2S/c1-7-3-4-9(5-11-7)10-12-8(2)6-13-10/h3-6H,1-2H3. The van der Waals surface area contributed by atoms with Crippen LogP contribution in [0.25, 0.3) is 10.6 Å². The number of aromatic nitrogens is 2. The molecule has 0 fully saturated rings. The first kappa shape index (κ1) is 8.38. The van der Waals surface area contributed by atoms with Crippen molar-refractivity contribution >= 4 is 11.3 Å². The lowest BCUT2D eigenvalue weighted by Gasteiger charge is -1.95. The highest BCUT2D eigenvalue weighted by Crippen LogP contribution is 2.22. The van der Waals surface area contributed by atoms with E-state index >= 15 is 0 Å². The third kappa shape index (κ3) is 1.75. The van der Waals surface area contributed by atoms with Crippen molar-refractivity contribution in [1.82, 2.24) is 9.97 Å². The monoisotopic (exact) mass is 190 g/mol. The van der Waals surface area contributed by atoms with Gasteiger partial charge in [-0.15, -0.1) is 11.3 Å². The maximum atomic E-state index is 4.39. The second-order valence-corrected chi connectivity index (χ2v) is 3.84. The molecule has 0 radical (unpaired) electrons. The van der Waals surface area contributed by atoms with Crippen LogP contribution in [0.1, 0.15) is 11.4 Å². The summed E-state index contributed by atoms with van der Waals surface area (Å²) in [4.78, 5) is 8.62. The molecule has 2 rings (SSSR count). The van der Waals surface area contributed by atoms with Gasteiger partial charge in [0.05, 0.1) is 0 Å². The van der Waals surface area contributed by atoms with Crippen LogP contribution in [0.2, 0.25) is 0 Å². The Balaban J connectivity index is 2.41. The molecule has 0 amide bonds. The lowest BCUT2D eigenvalue weighted by molar-refractivity contribution is 1.19. The molecular weight excluding hydrogens is 180 g/mol. The molecule has 13 heavy (non-hydrogen) atoms. The van der Waals surface area contributed by atoms with Crippen LogP contribution in [0.4, 0.5) is 0 Å². The summed E-state index contributed by atoms with van der Waals surface area (Å²) < 4.78 is 0. The average molecular weight is 190 g/mol. The molecule has 0 bridgehead atoms. The predicted octanol–water partition coefficient (Wildman–Crippen LogP) is 2.82. The molecule has 66 valence electrons. The summed E-state index contributed by atoms with van der Waals surface area (Å²) in [6.45, 7) is 3.98. The van der Waals surface area contributed by atoms with Gasteiger partial charge in [-0.05, 0) is 26.0 Å². The van der Waals surface area contributed by atoms with Crippen LogP contribution in [-0.2, 0) is 0 Å².